The summed E-state index contributed by atoms with van der Waals surface area (Å²) >= 11 is 0. The number of pyridine rings is 1. The van der Waals surface area contributed by atoms with E-state index < -0.39 is 0 Å². The highest BCUT2D eigenvalue weighted by Crippen LogP contribution is 2.25. The van der Waals surface area contributed by atoms with Crippen LogP contribution in [-0.4, -0.2) is 55.1 Å². The van der Waals surface area contributed by atoms with Crippen molar-refractivity contribution in [2.45, 2.75) is 6.04 Å². The molecule has 4 aromatic heterocycles. The van der Waals surface area contributed by atoms with Gasteiger partial charge in [0.1, 0.15) is 5.65 Å². The first-order chi connectivity index (χ1) is 11.8. The van der Waals surface area contributed by atoms with Crippen LogP contribution in [0.1, 0.15) is 0 Å². The van der Waals surface area contributed by atoms with E-state index in [9.17, 15) is 0 Å². The summed E-state index contributed by atoms with van der Waals surface area (Å²) in [5.41, 5.74) is 4.16. The zero-order valence-electron chi connectivity index (χ0n) is 13.3. The summed E-state index contributed by atoms with van der Waals surface area (Å²) in [5.74, 6) is 0.674. The van der Waals surface area contributed by atoms with Crippen LogP contribution in [0.3, 0.4) is 0 Å². The van der Waals surface area contributed by atoms with E-state index >= 15 is 0 Å². The van der Waals surface area contributed by atoms with Crippen molar-refractivity contribution in [1.29, 1.82) is 0 Å². The number of hydrogen-bond acceptors (Lipinski definition) is 5. The molecule has 1 saturated heterocycles. The first-order valence-corrected chi connectivity index (χ1v) is 7.99. The van der Waals surface area contributed by atoms with Gasteiger partial charge in [0.05, 0.1) is 17.8 Å². The van der Waals surface area contributed by atoms with Crippen LogP contribution < -0.4 is 5.32 Å². The van der Waals surface area contributed by atoms with Gasteiger partial charge in [-0.2, -0.15) is 0 Å². The molecule has 1 aliphatic rings. The minimum atomic E-state index is 0.436. The number of aromatic nitrogens is 5. The molecular weight excluding hydrogens is 302 g/mol. The Morgan fingerprint density at radius 1 is 1.12 bits per heavy atom. The van der Waals surface area contributed by atoms with E-state index in [4.69, 9.17) is 0 Å². The molecule has 5 rings (SSSR count). The maximum absolute atomic E-state index is 4.58. The van der Waals surface area contributed by atoms with Gasteiger partial charge in [-0.25, -0.2) is 14.5 Å². The van der Waals surface area contributed by atoms with Crippen LogP contribution in [-0.2, 0) is 0 Å². The lowest BCUT2D eigenvalue weighted by atomic mass is 10.1. The summed E-state index contributed by atoms with van der Waals surface area (Å²) in [6.45, 7) is 2.06. The summed E-state index contributed by atoms with van der Waals surface area (Å²) in [4.78, 5) is 11.0. The van der Waals surface area contributed by atoms with Gasteiger partial charge in [-0.1, -0.05) is 0 Å². The molecule has 0 aliphatic carbocycles. The zero-order chi connectivity index (χ0) is 16.1. The van der Waals surface area contributed by atoms with E-state index in [1.54, 1.807) is 6.20 Å². The first kappa shape index (κ1) is 13.5. The largest absolute Gasteiger partial charge is 0.348 e. The topological polar surface area (TPSA) is 62.8 Å². The van der Waals surface area contributed by atoms with Gasteiger partial charge in [0.15, 0.2) is 0 Å². The normalized spacial score (nSPS) is 15.9. The van der Waals surface area contributed by atoms with Gasteiger partial charge in [-0.05, 0) is 25.2 Å². The molecule has 0 aromatic carbocycles. The Morgan fingerprint density at radius 2 is 2.04 bits per heavy atom. The van der Waals surface area contributed by atoms with Gasteiger partial charge in [0.2, 0.25) is 5.95 Å². The van der Waals surface area contributed by atoms with Crippen LogP contribution in [0.5, 0.6) is 0 Å². The van der Waals surface area contributed by atoms with Crippen LogP contribution in [0.15, 0.2) is 49.2 Å². The molecule has 0 spiro atoms. The monoisotopic (exact) mass is 319 g/mol. The summed E-state index contributed by atoms with van der Waals surface area (Å²) < 4.78 is 3.90. The Bertz CT molecular complexity index is 1030. The van der Waals surface area contributed by atoms with Gasteiger partial charge < -0.3 is 14.6 Å². The van der Waals surface area contributed by atoms with Crippen molar-refractivity contribution in [2.24, 2.45) is 0 Å². The van der Waals surface area contributed by atoms with Crippen LogP contribution in [0.2, 0.25) is 0 Å². The number of nitrogens with one attached hydrogen (secondary N) is 1. The lowest BCUT2D eigenvalue weighted by Crippen LogP contribution is -2.52. The molecule has 0 bridgehead atoms. The maximum Gasteiger partial charge on any atom is 0.241 e. The molecular formula is C17H17N7. The third-order valence-corrected chi connectivity index (χ3v) is 4.51. The number of imidazole rings is 1. The summed E-state index contributed by atoms with van der Waals surface area (Å²) in [7, 11) is 2.11. The van der Waals surface area contributed by atoms with Crippen LogP contribution in [0, 0.1) is 0 Å². The molecule has 24 heavy (non-hydrogen) atoms. The second kappa shape index (κ2) is 5.04. The number of likely N-dealkylation sites (tertiary alicyclic amines) is 1. The predicted molar refractivity (Wildman–Crippen MR) is 92.1 cm³/mol. The molecule has 0 unspecified atom stereocenters. The lowest BCUT2D eigenvalue weighted by molar-refractivity contribution is 0.204. The highest BCUT2D eigenvalue weighted by Gasteiger charge is 2.23. The SMILES string of the molecule is CN1CC(Nc2ncc3c(-c4ccc5nccn5c4)ccn3n2)C1. The molecule has 7 heteroatoms. The maximum atomic E-state index is 4.58. The van der Waals surface area contributed by atoms with Gasteiger partial charge in [0.25, 0.3) is 0 Å². The molecule has 0 saturated carbocycles. The minimum Gasteiger partial charge on any atom is -0.348 e. The summed E-state index contributed by atoms with van der Waals surface area (Å²) in [5, 5.41) is 7.95. The van der Waals surface area contributed by atoms with Crippen LogP contribution in [0.4, 0.5) is 5.95 Å². The van der Waals surface area contributed by atoms with E-state index in [1.807, 2.05) is 33.6 Å². The number of fused-ring (bicyclic) bond motifs is 2. The molecule has 120 valence electrons. The second-order valence-electron chi connectivity index (χ2n) is 6.31. The number of hydrogen-bond donors (Lipinski definition) is 1. The van der Waals surface area contributed by atoms with Gasteiger partial charge in [-0.15, -0.1) is 5.10 Å². The van der Waals surface area contributed by atoms with Crippen molar-refractivity contribution >= 4 is 17.1 Å². The molecule has 1 fully saturated rings. The smallest absolute Gasteiger partial charge is 0.241 e. The van der Waals surface area contributed by atoms with Gasteiger partial charge in [-0.3, -0.25) is 0 Å². The molecule has 1 aliphatic heterocycles. The summed E-state index contributed by atoms with van der Waals surface area (Å²) in [6, 6.07) is 6.60. The van der Waals surface area contributed by atoms with Gasteiger partial charge >= 0.3 is 0 Å². The molecule has 4 aromatic rings. The average molecular weight is 319 g/mol. The number of anilines is 1. The fourth-order valence-corrected chi connectivity index (χ4v) is 3.26. The van der Waals surface area contributed by atoms with Crippen molar-refractivity contribution in [2.75, 3.05) is 25.5 Å². The Kier molecular flexibility index (Phi) is 2.83. The standard InChI is InChI=1S/C17H17N7/c1-22-10-13(11-22)20-17-19-8-15-14(4-6-24(15)21-17)12-2-3-16-18-5-7-23(16)9-12/h2-9,13H,10-11H2,1H3,(H,20,21). The minimum absolute atomic E-state index is 0.436. The van der Waals surface area contributed by atoms with Gasteiger partial charge in [0, 0.05) is 49.0 Å². The van der Waals surface area contributed by atoms with Crippen LogP contribution in [0.25, 0.3) is 22.3 Å². The van der Waals surface area contributed by atoms with E-state index in [1.165, 1.54) is 0 Å². The molecule has 0 amide bonds. The molecule has 1 N–H and O–H groups in total. The fraction of sp³-hybridized carbons (Fsp3) is 0.235. The molecule has 0 atom stereocenters. The molecule has 7 nitrogen and oxygen atoms in total. The first-order valence-electron chi connectivity index (χ1n) is 7.99. The van der Waals surface area contributed by atoms with E-state index in [0.717, 1.165) is 35.4 Å². The van der Waals surface area contributed by atoms with Crippen molar-refractivity contribution in [3.63, 3.8) is 0 Å². The highest BCUT2D eigenvalue weighted by molar-refractivity contribution is 5.80. The number of rotatable bonds is 3. The van der Waals surface area contributed by atoms with Crippen molar-refractivity contribution in [3.8, 4) is 11.1 Å². The number of nitrogens with zero attached hydrogens (tertiary/aromatic N) is 6. The van der Waals surface area contributed by atoms with E-state index in [0.29, 0.717) is 12.0 Å². The highest BCUT2D eigenvalue weighted by atomic mass is 15.3. The third-order valence-electron chi connectivity index (χ3n) is 4.51. The zero-order valence-corrected chi connectivity index (χ0v) is 13.3. The van der Waals surface area contributed by atoms with Crippen molar-refractivity contribution < 1.29 is 0 Å². The van der Waals surface area contributed by atoms with Crippen LogP contribution >= 0.6 is 0 Å². The number of likely N-dealkylation sites (N-methyl/N-ethyl adjacent to an activating group) is 1. The third kappa shape index (κ3) is 2.13. The Labute approximate surface area is 138 Å². The second-order valence-corrected chi connectivity index (χ2v) is 6.31. The fourth-order valence-electron chi connectivity index (χ4n) is 3.26. The Balaban J connectivity index is 1.50. The van der Waals surface area contributed by atoms with E-state index in [-0.39, 0.29) is 0 Å². The van der Waals surface area contributed by atoms with Crippen molar-refractivity contribution in [1.82, 2.24) is 28.9 Å². The predicted octanol–water partition coefficient (Wildman–Crippen LogP) is 1.77. The lowest BCUT2D eigenvalue weighted by Gasteiger charge is -2.36. The van der Waals surface area contributed by atoms with Crippen molar-refractivity contribution in [3.05, 3.63) is 49.2 Å². The Hall–Kier alpha value is -2.93. The Morgan fingerprint density at radius 3 is 2.92 bits per heavy atom. The molecule has 5 heterocycles. The quantitative estimate of drug-likeness (QED) is 0.623. The summed E-state index contributed by atoms with van der Waals surface area (Å²) in [6.07, 6.45) is 9.68. The van der Waals surface area contributed by atoms with E-state index in [2.05, 4.69) is 50.7 Å². The average Bonchev–Trinajstić information content (AvgIpc) is 3.18. The molecule has 0 radical (unpaired) electrons.